The average molecular weight is 324 g/mol. The van der Waals surface area contributed by atoms with Crippen LogP contribution in [0.25, 0.3) is 0 Å². The van der Waals surface area contributed by atoms with Crippen molar-refractivity contribution in [3.8, 4) is 0 Å². The van der Waals surface area contributed by atoms with Crippen LogP contribution in [0.5, 0.6) is 0 Å². The van der Waals surface area contributed by atoms with Crippen LogP contribution in [0, 0.1) is 5.92 Å². The highest BCUT2D eigenvalue weighted by Gasteiger charge is 2.35. The van der Waals surface area contributed by atoms with Crippen LogP contribution in [0.15, 0.2) is 0 Å². The Morgan fingerprint density at radius 2 is 2.40 bits per heavy atom. The van der Waals surface area contributed by atoms with E-state index >= 15 is 0 Å². The number of rotatable bonds is 5. The molecular weight excluding hydrogens is 307 g/mol. The minimum absolute atomic E-state index is 0.0777. The number of primary amides is 1. The van der Waals surface area contributed by atoms with Crippen molar-refractivity contribution in [1.82, 2.24) is 4.90 Å². The molecule has 86 valence electrons. The Kier molecular flexibility index (Phi) is 4.82. The van der Waals surface area contributed by atoms with Gasteiger partial charge in [0.1, 0.15) is 6.04 Å². The van der Waals surface area contributed by atoms with Crippen molar-refractivity contribution in [3.63, 3.8) is 0 Å². The molecule has 15 heavy (non-hydrogen) atoms. The van der Waals surface area contributed by atoms with Crippen molar-refractivity contribution in [1.29, 1.82) is 0 Å². The smallest absolute Gasteiger partial charge is 0.240 e. The van der Waals surface area contributed by atoms with Crippen LogP contribution in [0.3, 0.4) is 0 Å². The molecule has 0 saturated carbocycles. The molecule has 5 heteroatoms. The molecule has 0 aromatic heterocycles. The molecule has 1 rings (SSSR count). The second-order valence-electron chi connectivity index (χ2n) is 3.98. The van der Waals surface area contributed by atoms with Crippen LogP contribution in [-0.2, 0) is 9.59 Å². The van der Waals surface area contributed by atoms with E-state index in [1.54, 1.807) is 4.90 Å². The zero-order valence-corrected chi connectivity index (χ0v) is 11.1. The molecular formula is C10H17IN2O2. The molecule has 1 saturated heterocycles. The van der Waals surface area contributed by atoms with Gasteiger partial charge in [-0.3, -0.25) is 9.59 Å². The second kappa shape index (κ2) is 5.67. The number of carbonyl (C=O) groups is 2. The van der Waals surface area contributed by atoms with E-state index in [4.69, 9.17) is 5.73 Å². The molecule has 4 nitrogen and oxygen atoms in total. The average Bonchev–Trinajstić information content (AvgIpc) is 2.55. The van der Waals surface area contributed by atoms with E-state index < -0.39 is 6.04 Å². The summed E-state index contributed by atoms with van der Waals surface area (Å²) in [5.41, 5.74) is 5.32. The lowest BCUT2D eigenvalue weighted by Gasteiger charge is -2.25. The topological polar surface area (TPSA) is 63.4 Å². The maximum atomic E-state index is 11.7. The van der Waals surface area contributed by atoms with Crippen molar-refractivity contribution < 1.29 is 9.59 Å². The van der Waals surface area contributed by atoms with Crippen LogP contribution in [-0.4, -0.2) is 33.7 Å². The molecule has 1 fully saturated rings. The summed E-state index contributed by atoms with van der Waals surface area (Å²) in [6.07, 6.45) is 2.11. The van der Waals surface area contributed by atoms with Crippen LogP contribution < -0.4 is 5.73 Å². The first-order valence-electron chi connectivity index (χ1n) is 5.24. The molecule has 0 aromatic rings. The second-order valence-corrected chi connectivity index (χ2v) is 4.86. The van der Waals surface area contributed by atoms with E-state index in [0.29, 0.717) is 25.3 Å². The zero-order chi connectivity index (χ0) is 11.4. The summed E-state index contributed by atoms with van der Waals surface area (Å²) in [6.45, 7) is 2.68. The van der Waals surface area contributed by atoms with Crippen molar-refractivity contribution >= 4 is 34.4 Å². The Hall–Kier alpha value is -0.330. The zero-order valence-electron chi connectivity index (χ0n) is 8.91. The van der Waals surface area contributed by atoms with Crippen LogP contribution in [0.4, 0.5) is 0 Å². The van der Waals surface area contributed by atoms with E-state index in [1.165, 1.54) is 0 Å². The van der Waals surface area contributed by atoms with Gasteiger partial charge >= 0.3 is 0 Å². The van der Waals surface area contributed by atoms with Gasteiger partial charge in [-0.1, -0.05) is 35.9 Å². The van der Waals surface area contributed by atoms with Gasteiger partial charge in [-0.25, -0.2) is 0 Å². The first-order chi connectivity index (χ1) is 7.10. The third-order valence-corrected chi connectivity index (χ3v) is 3.97. The number of nitrogens with zero attached hydrogens (tertiary/aromatic N) is 1. The third-order valence-electron chi connectivity index (χ3n) is 2.72. The monoisotopic (exact) mass is 324 g/mol. The molecule has 2 amide bonds. The molecule has 1 heterocycles. The minimum Gasteiger partial charge on any atom is -0.368 e. The maximum absolute atomic E-state index is 11.7. The summed E-state index contributed by atoms with van der Waals surface area (Å²) >= 11 is 2.28. The standard InChI is InChI=1S/C10H17IN2O2/c1-2-3-8(10(12)15)13-6-7(5-11)4-9(13)14/h7-8H,2-6H2,1H3,(H2,12,15)/t7?,8-/m0/s1. The van der Waals surface area contributed by atoms with E-state index in [2.05, 4.69) is 22.6 Å². The molecule has 0 bridgehead atoms. The first kappa shape index (κ1) is 12.7. The van der Waals surface area contributed by atoms with Gasteiger partial charge < -0.3 is 10.6 Å². The fraction of sp³-hybridized carbons (Fsp3) is 0.800. The highest BCUT2D eigenvalue weighted by Crippen LogP contribution is 2.23. The fourth-order valence-electron chi connectivity index (χ4n) is 1.94. The molecule has 1 unspecified atom stereocenters. The van der Waals surface area contributed by atoms with Crippen molar-refractivity contribution in [2.75, 3.05) is 11.0 Å². The van der Waals surface area contributed by atoms with Crippen molar-refractivity contribution in [2.45, 2.75) is 32.2 Å². The Bertz CT molecular complexity index is 258. The summed E-state index contributed by atoms with van der Waals surface area (Å²) in [5.74, 6) is 0.0880. The summed E-state index contributed by atoms with van der Waals surface area (Å²) in [5, 5.41) is 0. The van der Waals surface area contributed by atoms with Gasteiger partial charge in [0.25, 0.3) is 0 Å². The molecule has 2 N–H and O–H groups in total. The normalized spacial score (nSPS) is 23.2. The molecule has 0 aliphatic carbocycles. The number of amides is 2. The van der Waals surface area contributed by atoms with Gasteiger partial charge in [0.05, 0.1) is 0 Å². The Balaban J connectivity index is 2.68. The molecule has 0 aromatic carbocycles. The summed E-state index contributed by atoms with van der Waals surface area (Å²) in [7, 11) is 0. The van der Waals surface area contributed by atoms with Crippen molar-refractivity contribution in [3.05, 3.63) is 0 Å². The van der Waals surface area contributed by atoms with E-state index in [1.807, 2.05) is 6.92 Å². The third kappa shape index (κ3) is 3.06. The number of hydrogen-bond acceptors (Lipinski definition) is 2. The lowest BCUT2D eigenvalue weighted by Crippen LogP contribution is -2.45. The fourth-order valence-corrected chi connectivity index (χ4v) is 2.53. The van der Waals surface area contributed by atoms with Gasteiger partial charge in [-0.15, -0.1) is 0 Å². The van der Waals surface area contributed by atoms with Crippen LogP contribution >= 0.6 is 22.6 Å². The van der Waals surface area contributed by atoms with E-state index in [-0.39, 0.29) is 11.8 Å². The highest BCUT2D eigenvalue weighted by molar-refractivity contribution is 14.1. The SMILES string of the molecule is CCC[C@@H](C(N)=O)N1CC(CI)CC1=O. The number of likely N-dealkylation sites (tertiary alicyclic amines) is 1. The maximum Gasteiger partial charge on any atom is 0.240 e. The first-order valence-corrected chi connectivity index (χ1v) is 6.77. The van der Waals surface area contributed by atoms with Gasteiger partial charge in [-0.05, 0) is 12.3 Å². The lowest BCUT2D eigenvalue weighted by atomic mass is 10.1. The summed E-state index contributed by atoms with van der Waals surface area (Å²) < 4.78 is 0.956. The quantitative estimate of drug-likeness (QED) is 0.604. The van der Waals surface area contributed by atoms with Gasteiger partial charge in [0.2, 0.25) is 11.8 Å². The molecule has 1 aliphatic heterocycles. The number of nitrogens with two attached hydrogens (primary N) is 1. The number of carbonyl (C=O) groups excluding carboxylic acids is 2. The Morgan fingerprint density at radius 1 is 1.73 bits per heavy atom. The molecule has 0 radical (unpaired) electrons. The Labute approximate surface area is 104 Å². The number of alkyl halides is 1. The molecule has 1 aliphatic rings. The van der Waals surface area contributed by atoms with Crippen LogP contribution in [0.1, 0.15) is 26.2 Å². The predicted molar refractivity (Wildman–Crippen MR) is 66.6 cm³/mol. The van der Waals surface area contributed by atoms with Crippen molar-refractivity contribution in [2.24, 2.45) is 11.7 Å². The molecule has 2 atom stereocenters. The van der Waals surface area contributed by atoms with Crippen LogP contribution in [0.2, 0.25) is 0 Å². The molecule has 0 spiro atoms. The number of halogens is 1. The number of hydrogen-bond donors (Lipinski definition) is 1. The van der Waals surface area contributed by atoms with E-state index in [9.17, 15) is 9.59 Å². The van der Waals surface area contributed by atoms with E-state index in [0.717, 1.165) is 10.8 Å². The lowest BCUT2D eigenvalue weighted by molar-refractivity contribution is -0.136. The summed E-state index contributed by atoms with van der Waals surface area (Å²) in [4.78, 5) is 24.6. The Morgan fingerprint density at radius 3 is 2.80 bits per heavy atom. The highest BCUT2D eigenvalue weighted by atomic mass is 127. The summed E-state index contributed by atoms with van der Waals surface area (Å²) in [6, 6.07) is -0.393. The van der Waals surface area contributed by atoms with Gasteiger partial charge in [0.15, 0.2) is 0 Å². The minimum atomic E-state index is -0.393. The van der Waals surface area contributed by atoms with Gasteiger partial charge in [-0.2, -0.15) is 0 Å². The predicted octanol–water partition coefficient (Wildman–Crippen LogP) is 0.924. The largest absolute Gasteiger partial charge is 0.368 e. The van der Waals surface area contributed by atoms with Gasteiger partial charge in [0, 0.05) is 17.4 Å².